The van der Waals surface area contributed by atoms with E-state index >= 15 is 0 Å². The molecule has 88 valence electrons. The van der Waals surface area contributed by atoms with Crippen molar-refractivity contribution >= 4 is 11.9 Å². The summed E-state index contributed by atoms with van der Waals surface area (Å²) in [6, 6.07) is 7.02. The zero-order valence-corrected chi connectivity index (χ0v) is 9.60. The summed E-state index contributed by atoms with van der Waals surface area (Å²) < 4.78 is 0. The van der Waals surface area contributed by atoms with Gasteiger partial charge >= 0.3 is 5.97 Å². The van der Waals surface area contributed by atoms with Gasteiger partial charge in [0.15, 0.2) is 0 Å². The quantitative estimate of drug-likeness (QED) is 0.783. The molecule has 0 spiro atoms. The fraction of sp³-hybridized carbons (Fsp3) is 0.231. The van der Waals surface area contributed by atoms with Crippen LogP contribution in [0.5, 0.6) is 0 Å². The second-order valence-electron chi connectivity index (χ2n) is 4.00. The van der Waals surface area contributed by atoms with Crippen molar-refractivity contribution in [3.05, 3.63) is 47.7 Å². The molecule has 0 unspecified atom stereocenters. The molecular formula is C13H13NO3. The minimum absolute atomic E-state index is 0.226. The average molecular weight is 231 g/mol. The molecule has 0 saturated carbocycles. The van der Waals surface area contributed by atoms with E-state index in [9.17, 15) is 9.59 Å². The number of rotatable bonds is 2. The van der Waals surface area contributed by atoms with Crippen molar-refractivity contribution in [1.82, 2.24) is 5.06 Å². The average Bonchev–Trinajstić information content (AvgIpc) is 2.61. The standard InChI is InChI=1S/C13H13NO3/c1-9-4-3-5-11(8-9)13(16)17-14-10(2)6-7-12(14)15/h3-5,8H,2,6-7H2,1H3. The van der Waals surface area contributed by atoms with Crippen LogP contribution in [0.4, 0.5) is 0 Å². The van der Waals surface area contributed by atoms with E-state index in [0.717, 1.165) is 10.6 Å². The number of aryl methyl sites for hydroxylation is 1. The molecule has 1 aliphatic heterocycles. The maximum absolute atomic E-state index is 11.8. The van der Waals surface area contributed by atoms with Gasteiger partial charge in [-0.1, -0.05) is 24.3 Å². The van der Waals surface area contributed by atoms with Crippen LogP contribution in [0.1, 0.15) is 28.8 Å². The molecular weight excluding hydrogens is 218 g/mol. The lowest BCUT2D eigenvalue weighted by Crippen LogP contribution is -2.26. The van der Waals surface area contributed by atoms with Crippen molar-refractivity contribution in [3.8, 4) is 0 Å². The number of benzene rings is 1. The monoisotopic (exact) mass is 231 g/mol. The molecule has 1 saturated heterocycles. The summed E-state index contributed by atoms with van der Waals surface area (Å²) in [5.41, 5.74) is 1.92. The van der Waals surface area contributed by atoms with E-state index in [2.05, 4.69) is 6.58 Å². The van der Waals surface area contributed by atoms with Crippen LogP contribution in [0.25, 0.3) is 0 Å². The first-order chi connectivity index (χ1) is 8.08. The predicted molar refractivity (Wildman–Crippen MR) is 61.8 cm³/mol. The van der Waals surface area contributed by atoms with E-state index in [4.69, 9.17) is 4.84 Å². The van der Waals surface area contributed by atoms with E-state index < -0.39 is 5.97 Å². The van der Waals surface area contributed by atoms with Crippen LogP contribution in [-0.4, -0.2) is 16.9 Å². The van der Waals surface area contributed by atoms with Gasteiger partial charge in [-0.3, -0.25) is 4.79 Å². The minimum Gasteiger partial charge on any atom is -0.328 e. The number of carbonyl (C=O) groups is 2. The van der Waals surface area contributed by atoms with Crippen molar-refractivity contribution in [1.29, 1.82) is 0 Å². The third kappa shape index (κ3) is 2.36. The van der Waals surface area contributed by atoms with Crippen LogP contribution in [0.2, 0.25) is 0 Å². The smallest absolute Gasteiger partial charge is 0.328 e. The number of allylic oxidation sites excluding steroid dienone is 1. The van der Waals surface area contributed by atoms with Gasteiger partial charge in [-0.15, -0.1) is 5.06 Å². The molecule has 0 radical (unpaired) electrons. The van der Waals surface area contributed by atoms with Gasteiger partial charge in [-0.05, 0) is 25.5 Å². The van der Waals surface area contributed by atoms with Crippen molar-refractivity contribution in [2.24, 2.45) is 0 Å². The van der Waals surface area contributed by atoms with Crippen LogP contribution in [0.15, 0.2) is 36.5 Å². The van der Waals surface area contributed by atoms with Gasteiger partial charge in [-0.2, -0.15) is 0 Å². The summed E-state index contributed by atoms with van der Waals surface area (Å²) in [5.74, 6) is -0.763. The van der Waals surface area contributed by atoms with Crippen molar-refractivity contribution in [2.45, 2.75) is 19.8 Å². The van der Waals surface area contributed by atoms with Gasteiger partial charge in [0, 0.05) is 6.42 Å². The van der Waals surface area contributed by atoms with E-state index in [1.807, 2.05) is 13.0 Å². The normalized spacial score (nSPS) is 15.2. The topological polar surface area (TPSA) is 46.6 Å². The summed E-state index contributed by atoms with van der Waals surface area (Å²) in [6.07, 6.45) is 0.889. The van der Waals surface area contributed by atoms with Gasteiger partial charge in [0.2, 0.25) is 0 Å². The number of hydrogen-bond donors (Lipinski definition) is 0. The van der Waals surface area contributed by atoms with Crippen LogP contribution in [0.3, 0.4) is 0 Å². The second kappa shape index (κ2) is 4.41. The molecule has 1 fully saturated rings. The Morgan fingerprint density at radius 3 is 2.76 bits per heavy atom. The van der Waals surface area contributed by atoms with Crippen molar-refractivity contribution in [2.75, 3.05) is 0 Å². The third-order valence-electron chi connectivity index (χ3n) is 2.57. The molecule has 2 rings (SSSR count). The van der Waals surface area contributed by atoms with E-state index in [0.29, 0.717) is 24.1 Å². The summed E-state index contributed by atoms with van der Waals surface area (Å²) in [5, 5.41) is 0.991. The van der Waals surface area contributed by atoms with Gasteiger partial charge in [0.1, 0.15) is 0 Å². The Morgan fingerprint density at radius 1 is 1.41 bits per heavy atom. The largest absolute Gasteiger partial charge is 0.363 e. The van der Waals surface area contributed by atoms with Crippen LogP contribution in [-0.2, 0) is 9.63 Å². The summed E-state index contributed by atoms with van der Waals surface area (Å²) in [7, 11) is 0. The SMILES string of the molecule is C=C1CCC(=O)N1OC(=O)c1cccc(C)c1. The van der Waals surface area contributed by atoms with Crippen molar-refractivity contribution in [3.63, 3.8) is 0 Å². The summed E-state index contributed by atoms with van der Waals surface area (Å²) >= 11 is 0. The molecule has 4 heteroatoms. The number of hydrogen-bond acceptors (Lipinski definition) is 3. The molecule has 1 aromatic rings. The highest BCUT2D eigenvalue weighted by molar-refractivity contribution is 5.91. The Morgan fingerprint density at radius 2 is 2.18 bits per heavy atom. The predicted octanol–water partition coefficient (Wildman–Crippen LogP) is 2.20. The fourth-order valence-corrected chi connectivity index (χ4v) is 1.65. The lowest BCUT2D eigenvalue weighted by Gasteiger charge is -2.15. The molecule has 1 amide bonds. The summed E-state index contributed by atoms with van der Waals surface area (Å²) in [4.78, 5) is 28.2. The molecule has 0 bridgehead atoms. The maximum Gasteiger partial charge on any atom is 0.363 e. The van der Waals surface area contributed by atoms with E-state index in [-0.39, 0.29) is 5.91 Å². The lowest BCUT2D eigenvalue weighted by molar-refractivity contribution is -0.153. The molecule has 1 heterocycles. The van der Waals surface area contributed by atoms with E-state index in [1.54, 1.807) is 18.2 Å². The van der Waals surface area contributed by atoms with Crippen LogP contribution in [0, 0.1) is 6.92 Å². The Balaban J connectivity index is 2.12. The highest BCUT2D eigenvalue weighted by atomic mass is 16.7. The highest BCUT2D eigenvalue weighted by Crippen LogP contribution is 2.21. The highest BCUT2D eigenvalue weighted by Gasteiger charge is 2.28. The van der Waals surface area contributed by atoms with E-state index in [1.165, 1.54) is 0 Å². The number of carbonyl (C=O) groups excluding carboxylic acids is 2. The molecule has 0 aliphatic carbocycles. The molecule has 0 atom stereocenters. The van der Waals surface area contributed by atoms with Gasteiger partial charge in [0.25, 0.3) is 5.91 Å². The van der Waals surface area contributed by atoms with Gasteiger partial charge in [0.05, 0.1) is 11.3 Å². The van der Waals surface area contributed by atoms with Gasteiger partial charge < -0.3 is 4.84 Å². The fourth-order valence-electron chi connectivity index (χ4n) is 1.65. The first-order valence-electron chi connectivity index (χ1n) is 5.37. The van der Waals surface area contributed by atoms with Crippen molar-refractivity contribution < 1.29 is 14.4 Å². The molecule has 0 N–H and O–H groups in total. The molecule has 1 aromatic carbocycles. The Hall–Kier alpha value is -2.10. The minimum atomic E-state index is -0.537. The zero-order chi connectivity index (χ0) is 12.4. The van der Waals surface area contributed by atoms with Crippen LogP contribution >= 0.6 is 0 Å². The summed E-state index contributed by atoms with van der Waals surface area (Å²) in [6.45, 7) is 5.56. The second-order valence-corrected chi connectivity index (χ2v) is 4.00. The van der Waals surface area contributed by atoms with Gasteiger partial charge in [-0.25, -0.2) is 4.79 Å². The van der Waals surface area contributed by atoms with Crippen LogP contribution < -0.4 is 0 Å². The molecule has 0 aromatic heterocycles. The first-order valence-corrected chi connectivity index (χ1v) is 5.37. The number of hydroxylamine groups is 2. The molecule has 17 heavy (non-hydrogen) atoms. The molecule has 1 aliphatic rings. The number of nitrogens with zero attached hydrogens (tertiary/aromatic N) is 1. The Labute approximate surface area is 99.4 Å². The Bertz CT molecular complexity index is 477. The zero-order valence-electron chi connectivity index (χ0n) is 9.60. The first kappa shape index (κ1) is 11.4. The lowest BCUT2D eigenvalue weighted by atomic mass is 10.1. The third-order valence-corrected chi connectivity index (χ3v) is 2.57. The maximum atomic E-state index is 11.8. The number of amides is 1. The molecule has 4 nitrogen and oxygen atoms in total. The Kier molecular flexibility index (Phi) is 2.95.